The predicted octanol–water partition coefficient (Wildman–Crippen LogP) is -0.716. The third-order valence-electron chi connectivity index (χ3n) is 0.924. The molecule has 0 heterocycles. The van der Waals surface area contributed by atoms with E-state index in [0.717, 1.165) is 0 Å². The van der Waals surface area contributed by atoms with Crippen LogP contribution in [0, 0.1) is 0 Å². The standard InChI is InChI=1S/C4H11N3OS.C3H7N/c1-5-4(9)7-6-2-3-8;1-3-4-2/h6,8H,2-3H2,1H3,(H2,5,7,9);3H,1-2H3. The number of hydrogen-bond acceptors (Lipinski definition) is 4. The third-order valence-corrected chi connectivity index (χ3v) is 1.23. The summed E-state index contributed by atoms with van der Waals surface area (Å²) in [5, 5.41) is 11.5. The molecule has 0 atom stereocenters. The van der Waals surface area contributed by atoms with Crippen molar-refractivity contribution in [1.29, 1.82) is 0 Å². The van der Waals surface area contributed by atoms with Gasteiger partial charge in [0.25, 0.3) is 0 Å². The van der Waals surface area contributed by atoms with Gasteiger partial charge in [-0.2, -0.15) is 0 Å². The van der Waals surface area contributed by atoms with Gasteiger partial charge in [-0.3, -0.25) is 5.43 Å². The molecule has 0 bridgehead atoms. The largest absolute Gasteiger partial charge is 0.395 e. The van der Waals surface area contributed by atoms with Crippen molar-refractivity contribution in [3.05, 3.63) is 0 Å². The number of hydrogen-bond donors (Lipinski definition) is 4. The summed E-state index contributed by atoms with van der Waals surface area (Å²) in [6.07, 6.45) is 1.75. The highest BCUT2D eigenvalue weighted by Gasteiger charge is 1.85. The van der Waals surface area contributed by atoms with Crippen LogP contribution in [0.5, 0.6) is 0 Å². The average Bonchev–Trinajstić information content (AvgIpc) is 2.18. The van der Waals surface area contributed by atoms with Crippen LogP contribution in [0.25, 0.3) is 0 Å². The van der Waals surface area contributed by atoms with Crippen LogP contribution in [0.3, 0.4) is 0 Å². The molecule has 78 valence electrons. The zero-order valence-corrected chi connectivity index (χ0v) is 9.11. The van der Waals surface area contributed by atoms with Gasteiger partial charge in [0.05, 0.1) is 6.61 Å². The summed E-state index contributed by atoms with van der Waals surface area (Å²) in [6, 6.07) is 0. The Morgan fingerprint density at radius 1 is 1.62 bits per heavy atom. The average molecular weight is 206 g/mol. The molecule has 0 aliphatic rings. The van der Waals surface area contributed by atoms with Crippen molar-refractivity contribution in [3.63, 3.8) is 0 Å². The number of aliphatic hydroxyl groups excluding tert-OH is 1. The van der Waals surface area contributed by atoms with Crippen LogP contribution in [0.15, 0.2) is 4.99 Å². The molecule has 0 saturated heterocycles. The first kappa shape index (κ1) is 14.8. The summed E-state index contributed by atoms with van der Waals surface area (Å²) in [6.45, 7) is 2.47. The monoisotopic (exact) mass is 206 g/mol. The first-order valence-corrected chi connectivity index (χ1v) is 4.31. The number of thiocarbonyl (C=S) groups is 1. The maximum absolute atomic E-state index is 8.29. The van der Waals surface area contributed by atoms with Gasteiger partial charge in [0, 0.05) is 20.6 Å². The minimum atomic E-state index is 0.0966. The van der Waals surface area contributed by atoms with E-state index in [1.807, 2.05) is 6.92 Å². The molecule has 0 aromatic carbocycles. The fraction of sp³-hybridized carbons (Fsp3) is 0.714. The van der Waals surface area contributed by atoms with Crippen molar-refractivity contribution in [1.82, 2.24) is 16.2 Å². The van der Waals surface area contributed by atoms with E-state index in [-0.39, 0.29) is 6.61 Å². The van der Waals surface area contributed by atoms with E-state index in [4.69, 9.17) is 17.3 Å². The van der Waals surface area contributed by atoms with Gasteiger partial charge in [0.15, 0.2) is 5.11 Å². The number of nitrogens with zero attached hydrogens (tertiary/aromatic N) is 1. The second-order valence-corrected chi connectivity index (χ2v) is 2.28. The molecule has 0 spiro atoms. The Bertz CT molecular complexity index is 136. The number of aliphatic imine (C=N–C) groups is 1. The summed E-state index contributed by atoms with van der Waals surface area (Å²) in [5.41, 5.74) is 5.33. The number of aliphatic hydroxyl groups is 1. The molecule has 0 rings (SSSR count). The highest BCUT2D eigenvalue weighted by atomic mass is 32.1. The van der Waals surface area contributed by atoms with Crippen LogP contribution in [0.4, 0.5) is 0 Å². The lowest BCUT2D eigenvalue weighted by Gasteiger charge is -2.05. The van der Waals surface area contributed by atoms with Crippen LogP contribution in [-0.4, -0.2) is 43.7 Å². The van der Waals surface area contributed by atoms with E-state index in [1.165, 1.54) is 0 Å². The van der Waals surface area contributed by atoms with Crippen molar-refractivity contribution in [3.8, 4) is 0 Å². The molecule has 0 unspecified atom stereocenters. The van der Waals surface area contributed by atoms with Crippen LogP contribution in [-0.2, 0) is 0 Å². The molecule has 0 aromatic heterocycles. The lowest BCUT2D eigenvalue weighted by molar-refractivity contribution is 0.289. The Labute approximate surface area is 84.6 Å². The van der Waals surface area contributed by atoms with Crippen molar-refractivity contribution < 1.29 is 5.11 Å². The summed E-state index contributed by atoms with van der Waals surface area (Å²) >= 11 is 4.70. The van der Waals surface area contributed by atoms with Gasteiger partial charge < -0.3 is 15.4 Å². The lowest BCUT2D eigenvalue weighted by atomic mass is 10.7. The SMILES string of the molecule is CC=NC.CNC(=S)NNCCO. The second kappa shape index (κ2) is 13.8. The van der Waals surface area contributed by atoms with E-state index in [0.29, 0.717) is 11.7 Å². The summed E-state index contributed by atoms with van der Waals surface area (Å²) < 4.78 is 0. The van der Waals surface area contributed by atoms with E-state index >= 15 is 0 Å². The van der Waals surface area contributed by atoms with Gasteiger partial charge in [0.1, 0.15) is 0 Å². The zero-order valence-electron chi connectivity index (χ0n) is 8.29. The Morgan fingerprint density at radius 3 is 2.46 bits per heavy atom. The molecule has 0 fully saturated rings. The van der Waals surface area contributed by atoms with Crippen molar-refractivity contribution >= 4 is 23.5 Å². The Morgan fingerprint density at radius 2 is 2.15 bits per heavy atom. The first-order chi connectivity index (χ1) is 6.22. The highest BCUT2D eigenvalue weighted by molar-refractivity contribution is 7.80. The van der Waals surface area contributed by atoms with Crippen LogP contribution >= 0.6 is 12.2 Å². The first-order valence-electron chi connectivity index (χ1n) is 3.91. The summed E-state index contributed by atoms with van der Waals surface area (Å²) in [7, 11) is 3.47. The number of nitrogens with one attached hydrogen (secondary N) is 3. The van der Waals surface area contributed by atoms with Crippen molar-refractivity contribution in [2.75, 3.05) is 27.2 Å². The fourth-order valence-electron chi connectivity index (χ4n) is 0.261. The predicted molar refractivity (Wildman–Crippen MR) is 60.0 cm³/mol. The van der Waals surface area contributed by atoms with Crippen LogP contribution in [0.2, 0.25) is 0 Å². The molecule has 6 heteroatoms. The minimum Gasteiger partial charge on any atom is -0.395 e. The van der Waals surface area contributed by atoms with Crippen LogP contribution < -0.4 is 16.2 Å². The molecule has 0 aromatic rings. The van der Waals surface area contributed by atoms with Crippen molar-refractivity contribution in [2.45, 2.75) is 6.92 Å². The molecule has 4 N–H and O–H groups in total. The molecule has 13 heavy (non-hydrogen) atoms. The second-order valence-electron chi connectivity index (χ2n) is 1.87. The maximum Gasteiger partial charge on any atom is 0.180 e. The van der Waals surface area contributed by atoms with Gasteiger partial charge in [-0.05, 0) is 25.4 Å². The molecule has 0 aliphatic carbocycles. The summed E-state index contributed by atoms with van der Waals surface area (Å²) in [5.74, 6) is 0. The molecule has 0 amide bonds. The summed E-state index contributed by atoms with van der Waals surface area (Å²) in [4.78, 5) is 3.61. The highest BCUT2D eigenvalue weighted by Crippen LogP contribution is 1.56. The zero-order chi connectivity index (χ0) is 10.5. The van der Waals surface area contributed by atoms with Gasteiger partial charge in [-0.15, -0.1) is 0 Å². The maximum atomic E-state index is 8.29. The van der Waals surface area contributed by atoms with E-state index in [2.05, 4.69) is 21.2 Å². The van der Waals surface area contributed by atoms with Gasteiger partial charge in [0.2, 0.25) is 0 Å². The molecular weight excluding hydrogens is 188 g/mol. The van der Waals surface area contributed by atoms with Gasteiger partial charge in [-0.1, -0.05) is 0 Å². The fourth-order valence-corrected chi connectivity index (χ4v) is 0.333. The molecule has 5 nitrogen and oxygen atoms in total. The van der Waals surface area contributed by atoms with Crippen LogP contribution in [0.1, 0.15) is 6.92 Å². The van der Waals surface area contributed by atoms with E-state index in [9.17, 15) is 0 Å². The molecule has 0 aliphatic heterocycles. The lowest BCUT2D eigenvalue weighted by Crippen LogP contribution is -2.43. The Balaban J connectivity index is 0. The van der Waals surface area contributed by atoms with Gasteiger partial charge in [-0.25, -0.2) is 5.43 Å². The topological polar surface area (TPSA) is 68.7 Å². The quantitative estimate of drug-likeness (QED) is 0.212. The minimum absolute atomic E-state index is 0.0966. The number of rotatable bonds is 3. The van der Waals surface area contributed by atoms with Crippen molar-refractivity contribution in [2.24, 2.45) is 4.99 Å². The molecule has 0 saturated carbocycles. The Kier molecular flexibility index (Phi) is 15.7. The van der Waals surface area contributed by atoms with Gasteiger partial charge >= 0.3 is 0 Å². The third kappa shape index (κ3) is 18.3. The van der Waals surface area contributed by atoms with E-state index in [1.54, 1.807) is 20.3 Å². The molecule has 0 radical (unpaired) electrons. The van der Waals surface area contributed by atoms with E-state index < -0.39 is 0 Å². The molecular formula is C7H18N4OS. The Hall–Kier alpha value is -0.720. The normalized spacial score (nSPS) is 8.92. The number of hydrazine groups is 1. The smallest absolute Gasteiger partial charge is 0.180 e.